The summed E-state index contributed by atoms with van der Waals surface area (Å²) in [6.45, 7) is 0.0195. The van der Waals surface area contributed by atoms with Crippen molar-refractivity contribution in [1.29, 1.82) is 0 Å². The van der Waals surface area contributed by atoms with Crippen LogP contribution in [0.4, 0.5) is 13.2 Å². The number of rotatable bonds is 5. The van der Waals surface area contributed by atoms with Gasteiger partial charge in [-0.2, -0.15) is 4.98 Å². The molecule has 1 saturated carbocycles. The van der Waals surface area contributed by atoms with Crippen LogP contribution in [0.3, 0.4) is 0 Å². The van der Waals surface area contributed by atoms with Crippen LogP contribution in [0.25, 0.3) is 22.0 Å². The molecular formula is C20H14F3N5O3. The fourth-order valence-electron chi connectivity index (χ4n) is 3.17. The highest BCUT2D eigenvalue weighted by Gasteiger charge is 2.31. The highest BCUT2D eigenvalue weighted by molar-refractivity contribution is 5.83. The number of aromatic nitrogens is 5. The zero-order chi connectivity index (χ0) is 21.6. The van der Waals surface area contributed by atoms with Gasteiger partial charge in [0.1, 0.15) is 17.8 Å². The molecule has 1 fully saturated rings. The first-order valence-electron chi connectivity index (χ1n) is 9.42. The number of fused-ring (bicyclic) bond motifs is 1. The summed E-state index contributed by atoms with van der Waals surface area (Å²) in [5.74, 6) is 0.887. The van der Waals surface area contributed by atoms with Gasteiger partial charge in [-0.25, -0.2) is 4.68 Å². The van der Waals surface area contributed by atoms with Gasteiger partial charge in [0.2, 0.25) is 5.89 Å². The highest BCUT2D eigenvalue weighted by atomic mass is 19.4. The molecule has 2 aromatic carbocycles. The third-order valence-corrected chi connectivity index (χ3v) is 4.84. The van der Waals surface area contributed by atoms with Crippen LogP contribution in [-0.4, -0.2) is 31.5 Å². The largest absolute Gasteiger partial charge is 0.573 e. The number of hydrogen-bond acceptors (Lipinski definition) is 7. The lowest BCUT2D eigenvalue weighted by molar-refractivity contribution is -0.274. The van der Waals surface area contributed by atoms with E-state index in [0.717, 1.165) is 17.5 Å². The van der Waals surface area contributed by atoms with E-state index in [1.165, 1.54) is 24.3 Å². The summed E-state index contributed by atoms with van der Waals surface area (Å²) in [7, 11) is 0. The molecule has 0 atom stereocenters. The lowest BCUT2D eigenvalue weighted by Gasteiger charge is -2.09. The van der Waals surface area contributed by atoms with Gasteiger partial charge in [0.25, 0.3) is 5.56 Å². The van der Waals surface area contributed by atoms with Gasteiger partial charge < -0.3 is 9.26 Å². The Balaban J connectivity index is 1.44. The Morgan fingerprint density at radius 2 is 1.84 bits per heavy atom. The molecule has 0 bridgehead atoms. The predicted octanol–water partition coefficient (Wildman–Crippen LogP) is 3.67. The number of ether oxygens (including phenoxy) is 1. The van der Waals surface area contributed by atoms with Crippen LogP contribution in [0.2, 0.25) is 0 Å². The Hall–Kier alpha value is -3.76. The minimum atomic E-state index is -4.76. The third-order valence-electron chi connectivity index (χ3n) is 4.84. The average Bonchev–Trinajstić information content (AvgIpc) is 3.48. The molecule has 0 aliphatic heterocycles. The normalized spacial score (nSPS) is 14.2. The summed E-state index contributed by atoms with van der Waals surface area (Å²) in [5.41, 5.74) is 1.26. The van der Waals surface area contributed by atoms with Crippen molar-refractivity contribution in [2.75, 3.05) is 0 Å². The Bertz CT molecular complexity index is 1310. The van der Waals surface area contributed by atoms with Crippen molar-refractivity contribution < 1.29 is 22.4 Å². The fourth-order valence-corrected chi connectivity index (χ4v) is 3.17. The summed E-state index contributed by atoms with van der Waals surface area (Å²) < 4.78 is 47.2. The molecule has 5 rings (SSSR count). The van der Waals surface area contributed by atoms with E-state index in [2.05, 4.69) is 25.2 Å². The van der Waals surface area contributed by atoms with Gasteiger partial charge in [0.15, 0.2) is 5.82 Å². The van der Waals surface area contributed by atoms with Gasteiger partial charge in [-0.05, 0) is 48.2 Å². The van der Waals surface area contributed by atoms with Crippen LogP contribution in [0.1, 0.15) is 30.5 Å². The van der Waals surface area contributed by atoms with Crippen LogP contribution in [0.15, 0.2) is 51.8 Å². The Morgan fingerprint density at radius 1 is 1.10 bits per heavy atom. The minimum absolute atomic E-state index is 0.0195. The number of benzene rings is 2. The van der Waals surface area contributed by atoms with Gasteiger partial charge in [0.05, 0.1) is 5.39 Å². The Labute approximate surface area is 172 Å². The average molecular weight is 429 g/mol. The van der Waals surface area contributed by atoms with Crippen molar-refractivity contribution in [3.05, 3.63) is 64.5 Å². The zero-order valence-electron chi connectivity index (χ0n) is 15.8. The van der Waals surface area contributed by atoms with Crippen LogP contribution in [0, 0.1) is 0 Å². The third kappa shape index (κ3) is 4.11. The van der Waals surface area contributed by atoms with Gasteiger partial charge in [-0.1, -0.05) is 28.6 Å². The van der Waals surface area contributed by atoms with Gasteiger partial charge in [-0.3, -0.25) is 4.79 Å². The summed E-state index contributed by atoms with van der Waals surface area (Å²) in [6.07, 6.45) is -2.72. The molecule has 8 nitrogen and oxygen atoms in total. The molecule has 4 aromatic rings. The molecule has 31 heavy (non-hydrogen) atoms. The van der Waals surface area contributed by atoms with Gasteiger partial charge in [0, 0.05) is 5.92 Å². The predicted molar refractivity (Wildman–Crippen MR) is 101 cm³/mol. The van der Waals surface area contributed by atoms with Crippen molar-refractivity contribution in [1.82, 2.24) is 25.1 Å². The maximum atomic E-state index is 12.9. The molecular weight excluding hydrogens is 415 g/mol. The van der Waals surface area contributed by atoms with Crippen LogP contribution in [-0.2, 0) is 6.54 Å². The van der Waals surface area contributed by atoms with Crippen molar-refractivity contribution in [3.8, 4) is 16.9 Å². The fraction of sp³-hybridized carbons (Fsp3) is 0.250. The first-order valence-corrected chi connectivity index (χ1v) is 9.42. The van der Waals surface area contributed by atoms with Gasteiger partial charge >= 0.3 is 6.36 Å². The Kier molecular flexibility index (Phi) is 4.45. The molecule has 0 radical (unpaired) electrons. The van der Waals surface area contributed by atoms with E-state index in [1.807, 2.05) is 0 Å². The van der Waals surface area contributed by atoms with E-state index in [-0.39, 0.29) is 17.9 Å². The summed E-state index contributed by atoms with van der Waals surface area (Å²) >= 11 is 0. The van der Waals surface area contributed by atoms with E-state index in [4.69, 9.17) is 4.52 Å². The molecule has 0 saturated heterocycles. The van der Waals surface area contributed by atoms with Crippen LogP contribution in [0.5, 0.6) is 5.75 Å². The second kappa shape index (κ2) is 7.18. The topological polar surface area (TPSA) is 95.9 Å². The molecule has 0 spiro atoms. The van der Waals surface area contributed by atoms with E-state index < -0.39 is 6.36 Å². The summed E-state index contributed by atoms with van der Waals surface area (Å²) in [4.78, 5) is 17.2. The van der Waals surface area contributed by atoms with Crippen LogP contribution < -0.4 is 10.3 Å². The molecule has 1 aliphatic rings. The molecule has 2 aromatic heterocycles. The maximum absolute atomic E-state index is 12.9. The summed E-state index contributed by atoms with van der Waals surface area (Å²) in [6, 6.07) is 10.3. The number of hydrogen-bond donors (Lipinski definition) is 0. The van der Waals surface area contributed by atoms with E-state index in [1.54, 1.807) is 18.2 Å². The van der Waals surface area contributed by atoms with Crippen molar-refractivity contribution in [2.45, 2.75) is 31.7 Å². The first kappa shape index (κ1) is 19.2. The van der Waals surface area contributed by atoms with Gasteiger partial charge in [-0.15, -0.1) is 18.3 Å². The highest BCUT2D eigenvalue weighted by Crippen LogP contribution is 2.38. The number of nitrogens with zero attached hydrogens (tertiary/aromatic N) is 5. The lowest BCUT2D eigenvalue weighted by atomic mass is 10.0. The molecule has 158 valence electrons. The second-order valence-electron chi connectivity index (χ2n) is 7.18. The van der Waals surface area contributed by atoms with E-state index in [9.17, 15) is 18.0 Å². The van der Waals surface area contributed by atoms with Crippen molar-refractivity contribution in [3.63, 3.8) is 0 Å². The molecule has 1 aliphatic carbocycles. The molecule has 0 N–H and O–H groups in total. The molecule has 0 unspecified atom stereocenters. The van der Waals surface area contributed by atoms with Crippen LogP contribution >= 0.6 is 0 Å². The molecule has 11 heteroatoms. The second-order valence-corrected chi connectivity index (χ2v) is 7.18. The standard InChI is InChI=1S/C20H14F3N5O3/c21-20(22,23)30-14-6-3-11(4-7-14)13-5-8-16-15(9-13)19(29)28(27-25-16)10-17-24-18(31-26-17)12-1-2-12/h3-9,12H,1-2,10H2. The monoisotopic (exact) mass is 429 g/mol. The molecule has 2 heterocycles. The van der Waals surface area contributed by atoms with Crippen molar-refractivity contribution in [2.24, 2.45) is 0 Å². The first-order chi connectivity index (χ1) is 14.9. The summed E-state index contributed by atoms with van der Waals surface area (Å²) in [5, 5.41) is 12.2. The maximum Gasteiger partial charge on any atom is 0.573 e. The Morgan fingerprint density at radius 3 is 2.55 bits per heavy atom. The number of halogens is 3. The quantitative estimate of drug-likeness (QED) is 0.478. The van der Waals surface area contributed by atoms with E-state index >= 15 is 0 Å². The number of alkyl halides is 3. The zero-order valence-corrected chi connectivity index (χ0v) is 15.8. The smallest absolute Gasteiger partial charge is 0.406 e. The minimum Gasteiger partial charge on any atom is -0.406 e. The molecule has 0 amide bonds. The van der Waals surface area contributed by atoms with E-state index in [0.29, 0.717) is 39.7 Å². The lowest BCUT2D eigenvalue weighted by Crippen LogP contribution is -2.25. The van der Waals surface area contributed by atoms with Crippen molar-refractivity contribution >= 4 is 10.9 Å². The SMILES string of the molecule is O=c1c2cc(-c3ccc(OC(F)(F)F)cc3)ccc2nnn1Cc1noc(C2CC2)n1.